The van der Waals surface area contributed by atoms with E-state index in [1.165, 1.54) is 10.7 Å². The van der Waals surface area contributed by atoms with Crippen LogP contribution in [-0.2, 0) is 0 Å². The zero-order valence-corrected chi connectivity index (χ0v) is 16.9. The quantitative estimate of drug-likeness (QED) is 0.452. The van der Waals surface area contributed by atoms with Gasteiger partial charge in [0.1, 0.15) is 5.82 Å². The highest BCUT2D eigenvalue weighted by atomic mass is 32.1. The summed E-state index contributed by atoms with van der Waals surface area (Å²) in [5.41, 5.74) is 5.80. The summed E-state index contributed by atoms with van der Waals surface area (Å²) in [5, 5.41) is 7.92. The Morgan fingerprint density at radius 1 is 1.14 bits per heavy atom. The van der Waals surface area contributed by atoms with Crippen LogP contribution in [0.25, 0.3) is 10.8 Å². The highest BCUT2D eigenvalue weighted by Gasteiger charge is 2.18. The molecule has 0 aliphatic rings. The second-order valence-corrected chi connectivity index (χ2v) is 7.14. The molecule has 0 aliphatic carbocycles. The number of nitrogens with zero attached hydrogens (tertiary/aromatic N) is 2. The molecule has 7 nitrogen and oxygen atoms in total. The minimum Gasteiger partial charge on any atom is -0.331 e. The Labute approximate surface area is 171 Å². The number of carbonyl (C=O) groups excluding carboxylic acids is 1. The minimum absolute atomic E-state index is 0.0723. The van der Waals surface area contributed by atoms with Crippen LogP contribution in [0.1, 0.15) is 35.9 Å². The van der Waals surface area contributed by atoms with Gasteiger partial charge in [0, 0.05) is 11.1 Å². The fourth-order valence-corrected chi connectivity index (χ4v) is 2.90. The molecule has 0 aliphatic heterocycles. The van der Waals surface area contributed by atoms with Crippen molar-refractivity contribution in [2.45, 2.75) is 26.8 Å². The summed E-state index contributed by atoms with van der Waals surface area (Å²) in [6, 6.07) is 11.1. The first-order chi connectivity index (χ1) is 13.8. The number of carbonyl (C=O) groups is 1. The van der Waals surface area contributed by atoms with E-state index in [-0.39, 0.29) is 28.2 Å². The maximum atomic E-state index is 13.6. The number of benzene rings is 2. The van der Waals surface area contributed by atoms with Crippen LogP contribution in [0.5, 0.6) is 0 Å². The molecule has 0 bridgehead atoms. The van der Waals surface area contributed by atoms with Crippen LogP contribution in [0.3, 0.4) is 0 Å². The van der Waals surface area contributed by atoms with E-state index in [4.69, 9.17) is 12.2 Å². The van der Waals surface area contributed by atoms with Gasteiger partial charge in [-0.2, -0.15) is 5.10 Å². The number of aromatic nitrogens is 2. The topological polar surface area (TPSA) is 88.0 Å². The van der Waals surface area contributed by atoms with Gasteiger partial charge in [-0.1, -0.05) is 24.3 Å². The Morgan fingerprint density at radius 2 is 1.83 bits per heavy atom. The summed E-state index contributed by atoms with van der Waals surface area (Å²) in [7, 11) is 0. The summed E-state index contributed by atoms with van der Waals surface area (Å²) in [4.78, 5) is 25.3. The molecule has 1 amide bonds. The number of hydrazine groups is 1. The largest absolute Gasteiger partial charge is 0.331 e. The lowest BCUT2D eigenvalue weighted by molar-refractivity contribution is 0.0938. The summed E-state index contributed by atoms with van der Waals surface area (Å²) >= 11 is 5.13. The van der Waals surface area contributed by atoms with E-state index in [0.717, 1.165) is 0 Å². The molecule has 150 valence electrons. The Kier molecular flexibility index (Phi) is 5.88. The maximum Gasteiger partial charge on any atom is 0.290 e. The molecular weight excluding hydrogens is 393 g/mol. The van der Waals surface area contributed by atoms with Gasteiger partial charge >= 0.3 is 0 Å². The molecule has 3 N–H and O–H groups in total. The molecule has 29 heavy (non-hydrogen) atoms. The van der Waals surface area contributed by atoms with E-state index in [0.29, 0.717) is 22.0 Å². The molecule has 0 spiro atoms. The zero-order chi connectivity index (χ0) is 21.1. The second kappa shape index (κ2) is 8.36. The number of nitrogens with one attached hydrogen (secondary N) is 3. The first-order valence-electron chi connectivity index (χ1n) is 8.93. The van der Waals surface area contributed by atoms with Gasteiger partial charge in [-0.3, -0.25) is 20.4 Å². The Morgan fingerprint density at radius 3 is 2.48 bits per heavy atom. The Hall–Kier alpha value is -3.33. The summed E-state index contributed by atoms with van der Waals surface area (Å²) < 4.78 is 14.9. The van der Waals surface area contributed by atoms with Gasteiger partial charge < -0.3 is 5.32 Å². The highest BCUT2D eigenvalue weighted by Crippen LogP contribution is 2.15. The molecule has 0 atom stereocenters. The molecule has 1 aromatic heterocycles. The normalized spacial score (nSPS) is 10.8. The lowest BCUT2D eigenvalue weighted by Crippen LogP contribution is -2.44. The summed E-state index contributed by atoms with van der Waals surface area (Å²) in [6.45, 7) is 5.27. The first kappa shape index (κ1) is 20.4. The molecular formula is C20H20FN5O2S. The van der Waals surface area contributed by atoms with E-state index < -0.39 is 5.91 Å². The second-order valence-electron chi connectivity index (χ2n) is 6.73. The molecule has 0 saturated carbocycles. The third-order valence-corrected chi connectivity index (χ3v) is 4.46. The predicted molar refractivity (Wildman–Crippen MR) is 114 cm³/mol. The van der Waals surface area contributed by atoms with Crippen molar-refractivity contribution >= 4 is 39.7 Å². The fourth-order valence-electron chi connectivity index (χ4n) is 2.73. The number of rotatable bonds is 3. The van der Waals surface area contributed by atoms with Crippen LogP contribution < -0.4 is 21.7 Å². The van der Waals surface area contributed by atoms with Crippen molar-refractivity contribution in [1.29, 1.82) is 0 Å². The van der Waals surface area contributed by atoms with Crippen LogP contribution in [0, 0.1) is 12.7 Å². The van der Waals surface area contributed by atoms with Gasteiger partial charge in [0.05, 0.1) is 11.4 Å². The van der Waals surface area contributed by atoms with Crippen molar-refractivity contribution < 1.29 is 9.18 Å². The molecule has 3 rings (SSSR count). The van der Waals surface area contributed by atoms with Crippen molar-refractivity contribution in [1.82, 2.24) is 20.6 Å². The van der Waals surface area contributed by atoms with Gasteiger partial charge in [0.2, 0.25) is 0 Å². The standard InChI is InChI=1S/C20H20FN5O2S/c1-11(2)26-19(28)15-7-5-4-6-14(15)17(25-26)18(27)23-24-20(29)22-13-9-8-12(3)16(21)10-13/h4-11H,1-3H3,(H,23,27)(H2,22,24,29). The van der Waals surface area contributed by atoms with Crippen molar-refractivity contribution in [3.63, 3.8) is 0 Å². The van der Waals surface area contributed by atoms with Gasteiger partial charge in [0.15, 0.2) is 10.8 Å². The molecule has 1 heterocycles. The smallest absolute Gasteiger partial charge is 0.290 e. The maximum absolute atomic E-state index is 13.6. The SMILES string of the molecule is Cc1ccc(NC(=S)NNC(=O)c2nn(C(C)C)c(=O)c3ccccc23)cc1F. The van der Waals surface area contributed by atoms with Gasteiger partial charge in [-0.05, 0) is 56.8 Å². The third-order valence-electron chi connectivity index (χ3n) is 4.25. The average molecular weight is 413 g/mol. The number of anilines is 1. The number of fused-ring (bicyclic) bond motifs is 1. The summed E-state index contributed by atoms with van der Waals surface area (Å²) in [6.07, 6.45) is 0. The number of thiocarbonyl (C=S) groups is 1. The van der Waals surface area contributed by atoms with Crippen LogP contribution in [0.15, 0.2) is 47.3 Å². The van der Waals surface area contributed by atoms with E-state index in [1.807, 2.05) is 13.8 Å². The third kappa shape index (κ3) is 4.40. The Balaban J connectivity index is 1.79. The van der Waals surface area contributed by atoms with E-state index >= 15 is 0 Å². The van der Waals surface area contributed by atoms with Gasteiger partial charge in [-0.15, -0.1) is 0 Å². The van der Waals surface area contributed by atoms with Crippen LogP contribution in [-0.4, -0.2) is 20.8 Å². The van der Waals surface area contributed by atoms with Crippen molar-refractivity contribution in [2.75, 3.05) is 5.32 Å². The lowest BCUT2D eigenvalue weighted by atomic mass is 10.1. The van der Waals surface area contributed by atoms with Crippen LogP contribution >= 0.6 is 12.2 Å². The molecule has 3 aromatic rings. The highest BCUT2D eigenvalue weighted by molar-refractivity contribution is 7.80. The van der Waals surface area contributed by atoms with Gasteiger partial charge in [0.25, 0.3) is 11.5 Å². The fraction of sp³-hybridized carbons (Fsp3) is 0.200. The number of hydrogen-bond acceptors (Lipinski definition) is 4. The van der Waals surface area contributed by atoms with Crippen molar-refractivity contribution in [3.8, 4) is 0 Å². The number of amides is 1. The lowest BCUT2D eigenvalue weighted by Gasteiger charge is -2.15. The van der Waals surface area contributed by atoms with Crippen molar-refractivity contribution in [2.24, 2.45) is 0 Å². The molecule has 2 aromatic carbocycles. The average Bonchev–Trinajstić information content (AvgIpc) is 2.69. The molecule has 0 fully saturated rings. The van der Waals surface area contributed by atoms with Crippen LogP contribution in [0.4, 0.5) is 10.1 Å². The molecule has 9 heteroatoms. The molecule has 0 unspecified atom stereocenters. The monoisotopic (exact) mass is 413 g/mol. The molecule has 0 saturated heterocycles. The Bertz CT molecular complexity index is 1160. The zero-order valence-electron chi connectivity index (χ0n) is 16.1. The van der Waals surface area contributed by atoms with E-state index in [2.05, 4.69) is 21.3 Å². The minimum atomic E-state index is -0.560. The van der Waals surface area contributed by atoms with E-state index in [9.17, 15) is 14.0 Å². The van der Waals surface area contributed by atoms with E-state index in [1.54, 1.807) is 43.3 Å². The number of halogens is 1. The molecule has 0 radical (unpaired) electrons. The van der Waals surface area contributed by atoms with Crippen LogP contribution in [0.2, 0.25) is 0 Å². The number of hydrogen-bond donors (Lipinski definition) is 3. The van der Waals surface area contributed by atoms with Gasteiger partial charge in [-0.25, -0.2) is 9.07 Å². The number of aryl methyl sites for hydroxylation is 1. The predicted octanol–water partition coefficient (Wildman–Crippen LogP) is 3.06. The first-order valence-corrected chi connectivity index (χ1v) is 9.34. The summed E-state index contributed by atoms with van der Waals surface area (Å²) in [5.74, 6) is -0.928. The van der Waals surface area contributed by atoms with Crippen molar-refractivity contribution in [3.05, 3.63) is 69.9 Å².